The molecule has 0 radical (unpaired) electrons. The fourth-order valence-corrected chi connectivity index (χ4v) is 5.90. The van der Waals surface area contributed by atoms with Crippen LogP contribution in [0.25, 0.3) is 28.1 Å². The maximum atomic E-state index is 12.2. The van der Waals surface area contributed by atoms with E-state index in [2.05, 4.69) is 56.9 Å². The highest BCUT2D eigenvalue weighted by Gasteiger charge is 2.37. The van der Waals surface area contributed by atoms with E-state index in [1.54, 1.807) is 0 Å². The SMILES string of the molecule is CCC[C@@H](CC(C)(C)S(N)=O)c1ccnc(-c2ccc3cnn(-c4cccc(CO[Si](C)(C)C(C)(C)C)n4)c3c2)n1. The van der Waals surface area contributed by atoms with Crippen LogP contribution in [0.2, 0.25) is 18.1 Å². The summed E-state index contributed by atoms with van der Waals surface area (Å²) in [6.07, 6.45) is 6.28. The summed E-state index contributed by atoms with van der Waals surface area (Å²) in [5.74, 6) is 1.52. The maximum Gasteiger partial charge on any atom is 0.192 e. The van der Waals surface area contributed by atoms with E-state index in [4.69, 9.17) is 19.5 Å². The fraction of sp³-hybridized carbons (Fsp3) is 0.484. The molecule has 8 nitrogen and oxygen atoms in total. The minimum atomic E-state index is -1.90. The van der Waals surface area contributed by atoms with Gasteiger partial charge in [0.15, 0.2) is 20.0 Å². The van der Waals surface area contributed by atoms with Gasteiger partial charge in [0.25, 0.3) is 0 Å². The van der Waals surface area contributed by atoms with Crippen LogP contribution in [0.1, 0.15) is 78.1 Å². The van der Waals surface area contributed by atoms with Crippen LogP contribution in [0.15, 0.2) is 54.9 Å². The Kier molecular flexibility index (Phi) is 9.28. The molecule has 0 amide bonds. The van der Waals surface area contributed by atoms with Crippen LogP contribution in [0.3, 0.4) is 0 Å². The summed E-state index contributed by atoms with van der Waals surface area (Å²) in [5, 5.41) is 11.6. The van der Waals surface area contributed by atoms with Gasteiger partial charge in [-0.1, -0.05) is 52.3 Å². The van der Waals surface area contributed by atoms with Crippen LogP contribution in [0.5, 0.6) is 0 Å². The number of rotatable bonds is 11. The molecular weight excluding hydrogens is 549 g/mol. The average Bonchev–Trinajstić information content (AvgIpc) is 3.34. The molecule has 3 heterocycles. The molecular formula is C31H44N6O2SSi. The number of pyridine rings is 1. The van der Waals surface area contributed by atoms with Crippen LogP contribution >= 0.6 is 0 Å². The topological polar surface area (TPSA) is 109 Å². The van der Waals surface area contributed by atoms with Gasteiger partial charge >= 0.3 is 0 Å². The van der Waals surface area contributed by atoms with E-state index >= 15 is 0 Å². The van der Waals surface area contributed by atoms with Gasteiger partial charge in [-0.25, -0.2) is 23.8 Å². The molecule has 0 fully saturated rings. The smallest absolute Gasteiger partial charge is 0.192 e. The molecule has 0 saturated heterocycles. The van der Waals surface area contributed by atoms with Crippen molar-refractivity contribution in [1.29, 1.82) is 0 Å². The molecule has 2 N–H and O–H groups in total. The second-order valence-corrected chi connectivity index (χ2v) is 19.4. The number of hydrogen-bond donors (Lipinski definition) is 1. The van der Waals surface area contributed by atoms with Gasteiger partial charge in [0, 0.05) is 28.8 Å². The third-order valence-electron chi connectivity index (χ3n) is 8.24. The Hall–Kier alpha value is -2.79. The van der Waals surface area contributed by atoms with Crippen LogP contribution in [-0.2, 0) is 22.0 Å². The Labute approximate surface area is 247 Å². The number of aromatic nitrogens is 5. The molecule has 4 rings (SSSR count). The van der Waals surface area contributed by atoms with Gasteiger partial charge in [0.2, 0.25) is 0 Å². The van der Waals surface area contributed by atoms with Gasteiger partial charge < -0.3 is 4.43 Å². The average molecular weight is 593 g/mol. The van der Waals surface area contributed by atoms with Crippen molar-refractivity contribution in [3.8, 4) is 17.2 Å². The van der Waals surface area contributed by atoms with Crippen molar-refractivity contribution in [2.45, 2.75) is 96.2 Å². The molecule has 0 saturated carbocycles. The quantitative estimate of drug-likeness (QED) is 0.187. The highest BCUT2D eigenvalue weighted by molar-refractivity contribution is 7.84. The highest BCUT2D eigenvalue weighted by Crippen LogP contribution is 2.37. The first-order valence-corrected chi connectivity index (χ1v) is 18.4. The van der Waals surface area contributed by atoms with Crippen molar-refractivity contribution < 1.29 is 8.63 Å². The minimum absolute atomic E-state index is 0.133. The Balaban J connectivity index is 1.64. The summed E-state index contributed by atoms with van der Waals surface area (Å²) < 4.78 is 19.9. The zero-order valence-electron chi connectivity index (χ0n) is 25.6. The van der Waals surface area contributed by atoms with Gasteiger partial charge in [-0.15, -0.1) is 0 Å². The fourth-order valence-electron chi connectivity index (χ4n) is 4.59. The van der Waals surface area contributed by atoms with Crippen molar-refractivity contribution in [2.75, 3.05) is 0 Å². The van der Waals surface area contributed by atoms with E-state index in [-0.39, 0.29) is 11.0 Å². The second-order valence-electron chi connectivity index (χ2n) is 12.9. The third kappa shape index (κ3) is 7.17. The van der Waals surface area contributed by atoms with Crippen molar-refractivity contribution in [2.24, 2.45) is 5.14 Å². The third-order valence-corrected chi connectivity index (χ3v) is 14.0. The second kappa shape index (κ2) is 12.2. The molecule has 0 aliphatic rings. The number of nitrogens with zero attached hydrogens (tertiary/aromatic N) is 5. The minimum Gasteiger partial charge on any atom is -0.411 e. The molecule has 10 heteroatoms. The van der Waals surface area contributed by atoms with E-state index in [1.807, 2.05) is 67.3 Å². The Morgan fingerprint density at radius 1 is 1.07 bits per heavy atom. The van der Waals surface area contributed by atoms with Crippen molar-refractivity contribution in [3.63, 3.8) is 0 Å². The molecule has 1 aromatic carbocycles. The summed E-state index contributed by atoms with van der Waals surface area (Å²) in [6.45, 7) is 17.7. The van der Waals surface area contributed by atoms with Crippen LogP contribution in [0, 0.1) is 0 Å². The molecule has 41 heavy (non-hydrogen) atoms. The molecule has 0 spiro atoms. The molecule has 220 valence electrons. The number of benzene rings is 1. The largest absolute Gasteiger partial charge is 0.411 e. The number of fused-ring (bicyclic) bond motifs is 1. The molecule has 1 unspecified atom stereocenters. The first kappa shape index (κ1) is 31.1. The zero-order valence-corrected chi connectivity index (χ0v) is 27.5. The van der Waals surface area contributed by atoms with Gasteiger partial charge in [0.1, 0.15) is 0 Å². The lowest BCUT2D eigenvalue weighted by atomic mass is 9.89. The first-order chi connectivity index (χ1) is 19.2. The maximum absolute atomic E-state index is 12.2. The molecule has 4 aromatic rings. The van der Waals surface area contributed by atoms with Gasteiger partial charge in [-0.05, 0) is 69.1 Å². The molecule has 2 atom stereocenters. The predicted octanol–water partition coefficient (Wildman–Crippen LogP) is 7.07. The summed E-state index contributed by atoms with van der Waals surface area (Å²) in [4.78, 5) is 14.5. The number of hydrogen-bond acceptors (Lipinski definition) is 6. The molecule has 3 aromatic heterocycles. The summed E-state index contributed by atoms with van der Waals surface area (Å²) in [5.41, 5.74) is 3.65. The van der Waals surface area contributed by atoms with Gasteiger partial charge in [-0.2, -0.15) is 5.10 Å². The normalized spacial score (nSPS) is 14.4. The lowest BCUT2D eigenvalue weighted by Crippen LogP contribution is -2.40. The lowest BCUT2D eigenvalue weighted by Gasteiger charge is -2.36. The first-order valence-electron chi connectivity index (χ1n) is 14.3. The van der Waals surface area contributed by atoms with Crippen LogP contribution in [0.4, 0.5) is 0 Å². The standard InChI is InChI=1S/C31H44N6O2SSi/c1-9-11-23(19-31(5,6)40(32)38)26-16-17-33-29(36-26)22-14-15-24-20-34-37(27(24)18-22)28-13-10-12-25(35-28)21-39-41(7,8)30(2,3)4/h10,12-18,20,23H,9,11,19,21,32H2,1-8H3/t23-,40?/m0/s1. The Morgan fingerprint density at radius 2 is 1.83 bits per heavy atom. The van der Waals surface area contributed by atoms with Crippen LogP contribution < -0.4 is 5.14 Å². The number of nitrogens with two attached hydrogens (primary N) is 1. The summed E-state index contributed by atoms with van der Waals surface area (Å²) >= 11 is 0. The van der Waals surface area contributed by atoms with Gasteiger partial charge in [0.05, 0.1) is 39.7 Å². The lowest BCUT2D eigenvalue weighted by molar-refractivity contribution is 0.272. The van der Waals surface area contributed by atoms with Gasteiger partial charge in [-0.3, -0.25) is 5.14 Å². The summed E-state index contributed by atoms with van der Waals surface area (Å²) in [7, 11) is -3.32. The predicted molar refractivity (Wildman–Crippen MR) is 171 cm³/mol. The summed E-state index contributed by atoms with van der Waals surface area (Å²) in [6, 6.07) is 14.1. The van der Waals surface area contributed by atoms with E-state index in [0.717, 1.165) is 46.5 Å². The molecule has 0 aliphatic heterocycles. The van der Waals surface area contributed by atoms with E-state index in [0.29, 0.717) is 18.9 Å². The van der Waals surface area contributed by atoms with E-state index in [9.17, 15) is 4.21 Å². The van der Waals surface area contributed by atoms with Crippen molar-refractivity contribution in [3.05, 3.63) is 66.2 Å². The monoisotopic (exact) mass is 592 g/mol. The zero-order chi connectivity index (χ0) is 30.0. The molecule has 0 bridgehead atoms. The van der Waals surface area contributed by atoms with E-state index in [1.165, 1.54) is 0 Å². The van der Waals surface area contributed by atoms with Crippen molar-refractivity contribution in [1.82, 2.24) is 24.7 Å². The highest BCUT2D eigenvalue weighted by atomic mass is 32.2. The molecule has 0 aliphatic carbocycles. The van der Waals surface area contributed by atoms with Crippen LogP contribution in [-0.4, -0.2) is 42.0 Å². The van der Waals surface area contributed by atoms with E-state index < -0.39 is 24.1 Å². The Morgan fingerprint density at radius 3 is 2.51 bits per heavy atom. The Bertz CT molecular complexity index is 1530. The van der Waals surface area contributed by atoms with Crippen molar-refractivity contribution >= 4 is 30.2 Å².